The van der Waals surface area contributed by atoms with Crippen molar-refractivity contribution in [1.29, 1.82) is 0 Å². The lowest BCUT2D eigenvalue weighted by Crippen LogP contribution is -2.48. The lowest BCUT2D eigenvalue weighted by atomic mass is 9.87. The van der Waals surface area contributed by atoms with Gasteiger partial charge < -0.3 is 9.47 Å². The molecule has 0 aromatic heterocycles. The Morgan fingerprint density at radius 1 is 1.42 bits per heavy atom. The molecule has 106 valence electrons. The van der Waals surface area contributed by atoms with E-state index in [9.17, 15) is 0 Å². The molecule has 1 aromatic carbocycles. The van der Waals surface area contributed by atoms with Crippen molar-refractivity contribution in [3.05, 3.63) is 35.9 Å². The molecule has 0 aliphatic carbocycles. The van der Waals surface area contributed by atoms with Crippen LogP contribution in [-0.2, 0) is 9.47 Å². The highest BCUT2D eigenvalue weighted by Gasteiger charge is 2.31. The average molecular weight is 264 g/mol. The number of benzene rings is 1. The van der Waals surface area contributed by atoms with Crippen LogP contribution in [0, 0.1) is 5.92 Å². The first-order valence-electron chi connectivity index (χ1n) is 7.07. The molecule has 2 rings (SSSR count). The number of ether oxygens (including phenoxy) is 2. The van der Waals surface area contributed by atoms with Gasteiger partial charge >= 0.3 is 0 Å². The van der Waals surface area contributed by atoms with Crippen molar-refractivity contribution < 1.29 is 9.47 Å². The summed E-state index contributed by atoms with van der Waals surface area (Å²) in [4.78, 5) is 0. The fraction of sp³-hybridized carbons (Fsp3) is 0.600. The minimum absolute atomic E-state index is 0.0251. The van der Waals surface area contributed by atoms with Gasteiger partial charge in [0.15, 0.2) is 0 Å². The second-order valence-electron chi connectivity index (χ2n) is 4.96. The van der Waals surface area contributed by atoms with E-state index in [0.29, 0.717) is 12.5 Å². The number of hydrazine groups is 1. The van der Waals surface area contributed by atoms with Gasteiger partial charge in [0.25, 0.3) is 0 Å². The molecule has 0 radical (unpaired) electrons. The van der Waals surface area contributed by atoms with Crippen molar-refractivity contribution in [1.82, 2.24) is 5.43 Å². The molecule has 1 saturated heterocycles. The second-order valence-corrected chi connectivity index (χ2v) is 4.96. The molecule has 4 heteroatoms. The highest BCUT2D eigenvalue weighted by molar-refractivity contribution is 5.19. The summed E-state index contributed by atoms with van der Waals surface area (Å²) >= 11 is 0. The molecule has 1 aromatic rings. The van der Waals surface area contributed by atoms with Crippen molar-refractivity contribution in [2.24, 2.45) is 11.8 Å². The van der Waals surface area contributed by atoms with Crippen LogP contribution in [0.3, 0.4) is 0 Å². The van der Waals surface area contributed by atoms with Gasteiger partial charge in [-0.1, -0.05) is 30.3 Å². The van der Waals surface area contributed by atoms with Gasteiger partial charge in [0.2, 0.25) is 0 Å². The van der Waals surface area contributed by atoms with Crippen molar-refractivity contribution in [2.75, 3.05) is 19.8 Å². The molecular formula is C15H24N2O2. The van der Waals surface area contributed by atoms with Crippen molar-refractivity contribution in [3.63, 3.8) is 0 Å². The van der Waals surface area contributed by atoms with E-state index < -0.39 is 0 Å². The first-order chi connectivity index (χ1) is 9.36. The number of hydrogen-bond donors (Lipinski definition) is 2. The zero-order chi connectivity index (χ0) is 13.5. The van der Waals surface area contributed by atoms with Crippen LogP contribution < -0.4 is 11.3 Å². The molecule has 1 aliphatic heterocycles. The number of rotatable bonds is 6. The third-order valence-corrected chi connectivity index (χ3v) is 3.70. The first kappa shape index (κ1) is 14.5. The van der Waals surface area contributed by atoms with Crippen LogP contribution in [0.4, 0.5) is 0 Å². The van der Waals surface area contributed by atoms with E-state index in [0.717, 1.165) is 31.6 Å². The van der Waals surface area contributed by atoms with Gasteiger partial charge in [-0.05, 0) is 25.3 Å². The Bertz CT molecular complexity index is 352. The van der Waals surface area contributed by atoms with Crippen molar-refractivity contribution in [3.8, 4) is 0 Å². The van der Waals surface area contributed by atoms with Gasteiger partial charge in [0.1, 0.15) is 0 Å². The van der Waals surface area contributed by atoms with Gasteiger partial charge in [-0.2, -0.15) is 0 Å². The molecule has 1 aliphatic rings. The predicted octanol–water partition coefficient (Wildman–Crippen LogP) is 2.02. The smallest absolute Gasteiger partial charge is 0.0994 e. The molecule has 0 amide bonds. The van der Waals surface area contributed by atoms with Gasteiger partial charge in [-0.3, -0.25) is 11.3 Å². The molecule has 3 unspecified atom stereocenters. The van der Waals surface area contributed by atoms with E-state index in [1.54, 1.807) is 0 Å². The Hall–Kier alpha value is -0.940. The van der Waals surface area contributed by atoms with Crippen LogP contribution in [0.2, 0.25) is 0 Å². The van der Waals surface area contributed by atoms with Crippen LogP contribution in [0.15, 0.2) is 30.3 Å². The Balaban J connectivity index is 2.15. The Labute approximate surface area is 115 Å². The van der Waals surface area contributed by atoms with Crippen LogP contribution in [0.25, 0.3) is 0 Å². The average Bonchev–Trinajstić information content (AvgIpc) is 2.49. The molecule has 0 bridgehead atoms. The Kier molecular flexibility index (Phi) is 5.79. The highest BCUT2D eigenvalue weighted by atomic mass is 16.5. The Morgan fingerprint density at radius 2 is 2.21 bits per heavy atom. The zero-order valence-electron chi connectivity index (χ0n) is 11.5. The summed E-state index contributed by atoms with van der Waals surface area (Å²) in [6.45, 7) is 4.30. The van der Waals surface area contributed by atoms with E-state index in [-0.39, 0.29) is 12.1 Å². The fourth-order valence-corrected chi connectivity index (χ4v) is 2.75. The molecular weight excluding hydrogens is 240 g/mol. The first-order valence-corrected chi connectivity index (χ1v) is 7.07. The minimum Gasteiger partial charge on any atom is -0.381 e. The summed E-state index contributed by atoms with van der Waals surface area (Å²) in [5.41, 5.74) is 4.11. The summed E-state index contributed by atoms with van der Waals surface area (Å²) < 4.78 is 11.5. The van der Waals surface area contributed by atoms with Gasteiger partial charge in [-0.15, -0.1) is 0 Å². The quantitative estimate of drug-likeness (QED) is 0.609. The summed E-state index contributed by atoms with van der Waals surface area (Å²) in [6, 6.07) is 10.4. The topological polar surface area (TPSA) is 56.5 Å². The molecule has 4 nitrogen and oxygen atoms in total. The maximum Gasteiger partial charge on any atom is 0.0994 e. The van der Waals surface area contributed by atoms with Crippen LogP contribution >= 0.6 is 0 Å². The molecule has 3 atom stereocenters. The summed E-state index contributed by atoms with van der Waals surface area (Å²) in [6.07, 6.45) is 2.20. The summed E-state index contributed by atoms with van der Waals surface area (Å²) in [5, 5.41) is 0. The van der Waals surface area contributed by atoms with Gasteiger partial charge in [0, 0.05) is 19.1 Å². The maximum absolute atomic E-state index is 5.94. The maximum atomic E-state index is 5.94. The second kappa shape index (κ2) is 7.60. The lowest BCUT2D eigenvalue weighted by Gasteiger charge is -2.35. The number of nitrogens with one attached hydrogen (secondary N) is 1. The highest BCUT2D eigenvalue weighted by Crippen LogP contribution is 2.29. The third-order valence-electron chi connectivity index (χ3n) is 3.70. The molecule has 1 fully saturated rings. The summed E-state index contributed by atoms with van der Waals surface area (Å²) in [5.74, 6) is 6.19. The number of nitrogens with two attached hydrogens (primary N) is 1. The van der Waals surface area contributed by atoms with Crippen LogP contribution in [0.1, 0.15) is 31.4 Å². The Morgan fingerprint density at radius 3 is 2.79 bits per heavy atom. The third kappa shape index (κ3) is 3.76. The molecule has 0 saturated carbocycles. The molecule has 19 heavy (non-hydrogen) atoms. The molecule has 0 spiro atoms. The van der Waals surface area contributed by atoms with E-state index in [2.05, 4.69) is 17.6 Å². The zero-order valence-corrected chi connectivity index (χ0v) is 11.5. The number of hydrogen-bond acceptors (Lipinski definition) is 4. The fourth-order valence-electron chi connectivity index (χ4n) is 2.75. The standard InChI is InChI=1S/C15H24N2O2/c1-2-19-15(12-7-4-3-5-8-12)14(17-16)13-9-6-10-18-11-13/h3-5,7-8,13-15,17H,2,6,9-11,16H2,1H3. The largest absolute Gasteiger partial charge is 0.381 e. The minimum atomic E-state index is -0.0251. The SMILES string of the molecule is CCOC(c1ccccc1)C(NN)C1CCCOC1. The molecule has 3 N–H and O–H groups in total. The summed E-state index contributed by atoms with van der Waals surface area (Å²) in [7, 11) is 0. The van der Waals surface area contributed by atoms with E-state index in [1.807, 2.05) is 25.1 Å². The lowest BCUT2D eigenvalue weighted by molar-refractivity contribution is -0.0244. The monoisotopic (exact) mass is 264 g/mol. The molecule has 1 heterocycles. The van der Waals surface area contributed by atoms with E-state index in [4.69, 9.17) is 15.3 Å². The van der Waals surface area contributed by atoms with Crippen LogP contribution in [-0.4, -0.2) is 25.9 Å². The van der Waals surface area contributed by atoms with E-state index >= 15 is 0 Å². The van der Waals surface area contributed by atoms with Crippen LogP contribution in [0.5, 0.6) is 0 Å². The van der Waals surface area contributed by atoms with Crippen molar-refractivity contribution >= 4 is 0 Å². The van der Waals surface area contributed by atoms with E-state index in [1.165, 1.54) is 0 Å². The van der Waals surface area contributed by atoms with Gasteiger partial charge in [0.05, 0.1) is 18.8 Å². The van der Waals surface area contributed by atoms with Crippen molar-refractivity contribution in [2.45, 2.75) is 31.9 Å². The van der Waals surface area contributed by atoms with Gasteiger partial charge in [-0.25, -0.2) is 0 Å². The normalized spacial score (nSPS) is 22.9. The predicted molar refractivity (Wildman–Crippen MR) is 75.5 cm³/mol.